The summed E-state index contributed by atoms with van der Waals surface area (Å²) in [5, 5.41) is 19.8. The molecule has 1 heterocycles. The number of benzene rings is 1. The van der Waals surface area contributed by atoms with Crippen molar-refractivity contribution in [1.82, 2.24) is 0 Å². The van der Waals surface area contributed by atoms with Crippen LogP contribution in [0.4, 0.5) is 5.69 Å². The Labute approximate surface area is 93.9 Å². The van der Waals surface area contributed by atoms with Gasteiger partial charge in [0.2, 0.25) is 0 Å². The third-order valence-corrected chi connectivity index (χ3v) is 2.83. The zero-order valence-corrected chi connectivity index (χ0v) is 9.14. The van der Waals surface area contributed by atoms with Crippen LogP contribution < -0.4 is 4.74 Å². The molecule has 4 nitrogen and oxygen atoms in total. The highest BCUT2D eigenvalue weighted by Gasteiger charge is 2.41. The van der Waals surface area contributed by atoms with Crippen LogP contribution in [-0.4, -0.2) is 21.9 Å². The lowest BCUT2D eigenvalue weighted by Gasteiger charge is -2.40. The molecule has 16 heavy (non-hydrogen) atoms. The summed E-state index contributed by atoms with van der Waals surface area (Å²) in [5.41, 5.74) is 0.0695. The van der Waals surface area contributed by atoms with Gasteiger partial charge >= 0.3 is 0 Å². The first-order valence-corrected chi connectivity index (χ1v) is 5.02. The Morgan fingerprint density at radius 2 is 2.06 bits per heavy atom. The summed E-state index contributed by atoms with van der Waals surface area (Å²) in [5.74, 6) is 0.523. The van der Waals surface area contributed by atoms with E-state index >= 15 is 0 Å². The molecule has 84 valence electrons. The fourth-order valence-corrected chi connectivity index (χ4v) is 1.82. The predicted molar refractivity (Wildman–Crippen MR) is 58.4 cm³/mol. The standard InChI is InChI=1S/C12H13NO3/c1-12(2)11(15)10(14)8-6-7(13-3)4-5-9(8)16-12/h4-6,10-11,14-15H,1-2H3/t10-,11-/m1/s1. The van der Waals surface area contributed by atoms with Gasteiger partial charge in [0.1, 0.15) is 23.6 Å². The molecule has 0 amide bonds. The molecule has 1 aliphatic rings. The number of hydrogen-bond acceptors (Lipinski definition) is 3. The van der Waals surface area contributed by atoms with Crippen LogP contribution >= 0.6 is 0 Å². The molecular weight excluding hydrogens is 206 g/mol. The van der Waals surface area contributed by atoms with Gasteiger partial charge in [0.25, 0.3) is 0 Å². The molecule has 0 aliphatic carbocycles. The molecule has 0 bridgehead atoms. The average Bonchev–Trinajstić information content (AvgIpc) is 2.25. The Balaban J connectivity index is 2.52. The van der Waals surface area contributed by atoms with Crippen molar-refractivity contribution in [1.29, 1.82) is 0 Å². The maximum atomic E-state index is 9.95. The second-order valence-electron chi connectivity index (χ2n) is 4.43. The molecule has 0 radical (unpaired) electrons. The van der Waals surface area contributed by atoms with Crippen LogP contribution in [0.2, 0.25) is 0 Å². The number of rotatable bonds is 0. The quantitative estimate of drug-likeness (QED) is 0.654. The number of aliphatic hydroxyl groups is 2. The molecule has 0 fully saturated rings. The number of ether oxygens (including phenoxy) is 1. The fourth-order valence-electron chi connectivity index (χ4n) is 1.82. The number of aliphatic hydroxyl groups excluding tert-OH is 2. The summed E-state index contributed by atoms with van der Waals surface area (Å²) in [6.45, 7) is 10.3. The monoisotopic (exact) mass is 219 g/mol. The lowest BCUT2D eigenvalue weighted by Crippen LogP contribution is -2.48. The molecule has 0 saturated carbocycles. The largest absolute Gasteiger partial charge is 0.485 e. The molecule has 2 atom stereocenters. The van der Waals surface area contributed by atoms with E-state index in [0.717, 1.165) is 0 Å². The van der Waals surface area contributed by atoms with Crippen molar-refractivity contribution < 1.29 is 14.9 Å². The SMILES string of the molecule is [C-]#[N+]c1ccc2c(c1)[C@@H](O)[C@@H](O)C(C)(C)O2. The van der Waals surface area contributed by atoms with Crippen molar-refractivity contribution in [3.8, 4) is 5.75 Å². The molecule has 0 aromatic heterocycles. The third kappa shape index (κ3) is 1.54. The summed E-state index contributed by atoms with van der Waals surface area (Å²) in [7, 11) is 0. The highest BCUT2D eigenvalue weighted by Crippen LogP contribution is 2.41. The molecule has 4 heteroatoms. The van der Waals surface area contributed by atoms with Crippen molar-refractivity contribution in [2.24, 2.45) is 0 Å². The summed E-state index contributed by atoms with van der Waals surface area (Å²) in [4.78, 5) is 3.28. The van der Waals surface area contributed by atoms with Gasteiger partial charge in [-0.2, -0.15) is 0 Å². The topological polar surface area (TPSA) is 54.0 Å². The van der Waals surface area contributed by atoms with Crippen LogP contribution in [0.25, 0.3) is 4.85 Å². The molecule has 1 aliphatic heterocycles. The van der Waals surface area contributed by atoms with E-state index in [-0.39, 0.29) is 0 Å². The second-order valence-corrected chi connectivity index (χ2v) is 4.43. The van der Waals surface area contributed by atoms with Gasteiger partial charge in [-0.25, -0.2) is 4.85 Å². The van der Waals surface area contributed by atoms with E-state index in [2.05, 4.69) is 4.85 Å². The Kier molecular flexibility index (Phi) is 2.38. The molecule has 2 N–H and O–H groups in total. The predicted octanol–water partition coefficient (Wildman–Crippen LogP) is 1.80. The van der Waals surface area contributed by atoms with Gasteiger partial charge in [-0.05, 0) is 26.0 Å². The zero-order chi connectivity index (χ0) is 11.9. The first-order valence-electron chi connectivity index (χ1n) is 5.02. The van der Waals surface area contributed by atoms with Crippen molar-refractivity contribution in [3.63, 3.8) is 0 Å². The van der Waals surface area contributed by atoms with Gasteiger partial charge in [-0.15, -0.1) is 0 Å². The van der Waals surface area contributed by atoms with Gasteiger partial charge in [0.15, 0.2) is 5.69 Å². The van der Waals surface area contributed by atoms with Crippen LogP contribution in [0.1, 0.15) is 25.5 Å². The molecule has 1 aromatic rings. The van der Waals surface area contributed by atoms with E-state index in [0.29, 0.717) is 17.0 Å². The molecule has 0 unspecified atom stereocenters. The molecule has 0 spiro atoms. The van der Waals surface area contributed by atoms with Crippen LogP contribution in [0.5, 0.6) is 5.75 Å². The van der Waals surface area contributed by atoms with E-state index in [1.165, 1.54) is 0 Å². The minimum atomic E-state index is -1.01. The Hall–Kier alpha value is -1.57. The van der Waals surface area contributed by atoms with E-state index in [9.17, 15) is 10.2 Å². The van der Waals surface area contributed by atoms with Crippen molar-refractivity contribution in [2.45, 2.75) is 31.7 Å². The zero-order valence-electron chi connectivity index (χ0n) is 9.14. The summed E-state index contributed by atoms with van der Waals surface area (Å²) >= 11 is 0. The van der Waals surface area contributed by atoms with Crippen molar-refractivity contribution in [2.75, 3.05) is 0 Å². The highest BCUT2D eigenvalue weighted by molar-refractivity contribution is 5.53. The van der Waals surface area contributed by atoms with E-state index < -0.39 is 17.8 Å². The Morgan fingerprint density at radius 1 is 1.38 bits per heavy atom. The summed E-state index contributed by atoms with van der Waals surface area (Å²) in [6, 6.07) is 4.83. The van der Waals surface area contributed by atoms with E-state index in [1.807, 2.05) is 0 Å². The van der Waals surface area contributed by atoms with Crippen LogP contribution in [0.15, 0.2) is 18.2 Å². The molecule has 0 saturated heterocycles. The van der Waals surface area contributed by atoms with Gasteiger partial charge < -0.3 is 14.9 Å². The lowest BCUT2D eigenvalue weighted by atomic mass is 9.88. The number of fused-ring (bicyclic) bond motifs is 1. The van der Waals surface area contributed by atoms with Crippen molar-refractivity contribution >= 4 is 5.69 Å². The number of hydrogen-bond donors (Lipinski definition) is 2. The van der Waals surface area contributed by atoms with Gasteiger partial charge in [-0.1, -0.05) is 6.07 Å². The van der Waals surface area contributed by atoms with Crippen LogP contribution in [-0.2, 0) is 0 Å². The molecule has 2 rings (SSSR count). The minimum Gasteiger partial charge on any atom is -0.485 e. The molecular formula is C12H13NO3. The first-order chi connectivity index (χ1) is 7.45. The van der Waals surface area contributed by atoms with E-state index in [4.69, 9.17) is 11.3 Å². The maximum absolute atomic E-state index is 9.95. The Bertz CT molecular complexity index is 462. The van der Waals surface area contributed by atoms with E-state index in [1.54, 1.807) is 32.0 Å². The van der Waals surface area contributed by atoms with Gasteiger partial charge in [0.05, 0.1) is 6.57 Å². The average molecular weight is 219 g/mol. The second kappa shape index (κ2) is 3.48. The fraction of sp³-hybridized carbons (Fsp3) is 0.417. The van der Waals surface area contributed by atoms with Gasteiger partial charge in [-0.3, -0.25) is 0 Å². The van der Waals surface area contributed by atoms with Crippen LogP contribution in [0, 0.1) is 6.57 Å². The molecule has 1 aromatic carbocycles. The number of nitrogens with zero attached hydrogens (tertiary/aromatic N) is 1. The van der Waals surface area contributed by atoms with Crippen LogP contribution in [0.3, 0.4) is 0 Å². The summed E-state index contributed by atoms with van der Waals surface area (Å²) < 4.78 is 5.59. The normalized spacial score (nSPS) is 26.4. The van der Waals surface area contributed by atoms with Gasteiger partial charge in [0, 0.05) is 5.56 Å². The Morgan fingerprint density at radius 3 is 2.69 bits per heavy atom. The smallest absolute Gasteiger partial charge is 0.187 e. The van der Waals surface area contributed by atoms with Crippen molar-refractivity contribution in [3.05, 3.63) is 35.2 Å². The lowest BCUT2D eigenvalue weighted by molar-refractivity contribution is -0.111. The maximum Gasteiger partial charge on any atom is 0.187 e. The minimum absolute atomic E-state index is 0.424. The first kappa shape index (κ1) is 10.9. The summed E-state index contributed by atoms with van der Waals surface area (Å²) in [6.07, 6.45) is -2.01. The highest BCUT2D eigenvalue weighted by atomic mass is 16.5. The third-order valence-electron chi connectivity index (χ3n) is 2.83.